The highest BCUT2D eigenvalue weighted by Gasteiger charge is 2.62. The maximum absolute atomic E-state index is 13.8. The predicted octanol–water partition coefficient (Wildman–Crippen LogP) is 1.54. The molecule has 15 heteroatoms. The quantitative estimate of drug-likeness (QED) is 0.259. The third-order valence-electron chi connectivity index (χ3n) is 7.20. The van der Waals surface area contributed by atoms with E-state index in [0.717, 1.165) is 33.0 Å². The second kappa shape index (κ2) is 10.2. The second-order valence-electron chi connectivity index (χ2n) is 9.51. The number of benzene rings is 2. The van der Waals surface area contributed by atoms with Crippen LogP contribution < -0.4 is 5.32 Å². The van der Waals surface area contributed by atoms with Gasteiger partial charge < -0.3 is 30.1 Å². The Morgan fingerprint density at radius 3 is 2.70 bits per heavy atom. The minimum Gasteiger partial charge on any atom is -0.394 e. The number of ether oxygens (including phenoxy) is 2. The van der Waals surface area contributed by atoms with Crippen molar-refractivity contribution >= 4 is 27.5 Å². The molecule has 0 aliphatic carbocycles. The minimum absolute atomic E-state index is 0.0670. The number of aliphatic hydroxyl groups is 3. The normalized spacial score (nSPS) is 28.4. The largest absolute Gasteiger partial charge is 0.394 e. The molecule has 2 aromatic carbocycles. The highest BCUT2D eigenvalue weighted by Crippen LogP contribution is 2.43. The van der Waals surface area contributed by atoms with E-state index in [-0.39, 0.29) is 30.0 Å². The zero-order valence-corrected chi connectivity index (χ0v) is 21.3. The molecular weight excluding hydrogens is 555 g/mol. The molecular formula is C25H22F3N5O6S. The van der Waals surface area contributed by atoms with E-state index in [1.807, 2.05) is 12.1 Å². The second-order valence-corrected chi connectivity index (χ2v) is 10.3. The van der Waals surface area contributed by atoms with Gasteiger partial charge in [-0.3, -0.25) is 4.79 Å². The number of carbonyl (C=O) groups is 1. The lowest BCUT2D eigenvalue weighted by Crippen LogP contribution is -2.69. The molecule has 2 fully saturated rings. The summed E-state index contributed by atoms with van der Waals surface area (Å²) in [5, 5.41) is 43.7. The van der Waals surface area contributed by atoms with Crippen molar-refractivity contribution in [1.82, 2.24) is 24.7 Å². The first kappa shape index (κ1) is 26.7. The highest BCUT2D eigenvalue weighted by atomic mass is 32.1. The third kappa shape index (κ3) is 4.25. The molecule has 4 aromatic rings. The van der Waals surface area contributed by atoms with E-state index < -0.39 is 66.1 Å². The highest BCUT2D eigenvalue weighted by molar-refractivity contribution is 7.13. The van der Waals surface area contributed by atoms with Crippen molar-refractivity contribution in [3.63, 3.8) is 0 Å². The lowest BCUT2D eigenvalue weighted by atomic mass is 9.86. The topological polar surface area (TPSA) is 152 Å². The number of aliphatic hydroxyl groups excluding tert-OH is 3. The molecule has 0 unspecified atom stereocenters. The van der Waals surface area contributed by atoms with E-state index in [2.05, 4.69) is 20.0 Å². The maximum Gasteiger partial charge on any atom is 0.272 e. The number of hydrogen-bond donors (Lipinski definition) is 4. The summed E-state index contributed by atoms with van der Waals surface area (Å²) in [5.41, 5.74) is -0.0290. The van der Waals surface area contributed by atoms with Crippen LogP contribution in [0.15, 0.2) is 42.6 Å². The Balaban J connectivity index is 1.32. The van der Waals surface area contributed by atoms with Crippen molar-refractivity contribution in [2.75, 3.05) is 13.2 Å². The van der Waals surface area contributed by atoms with Gasteiger partial charge in [0.05, 0.1) is 30.2 Å². The standard InChI is InChI=1S/C25H22F3N5O6S/c26-13-7-11(8-14(27)19(13)28)15-9-33(32-30-15)21-22(35)16(10-34)39-25(23(21)36)18(5-6-38-25)29-24(37)20-12-3-1-2-4-17(12)40-31-20/h1-4,7-9,16,18,21-23,34-36H,5-6,10H2,(H,29,37)/t16-,18-,21+,22+,23-,25+/m1/s1. The number of amides is 1. The predicted molar refractivity (Wildman–Crippen MR) is 133 cm³/mol. The monoisotopic (exact) mass is 577 g/mol. The number of hydrogen-bond acceptors (Lipinski definition) is 10. The molecule has 2 aliphatic rings. The van der Waals surface area contributed by atoms with E-state index in [1.165, 1.54) is 6.20 Å². The summed E-state index contributed by atoms with van der Waals surface area (Å²) in [7, 11) is 0. The number of nitrogens with zero attached hydrogens (tertiary/aromatic N) is 4. The van der Waals surface area contributed by atoms with Crippen molar-refractivity contribution in [1.29, 1.82) is 0 Å². The first-order valence-electron chi connectivity index (χ1n) is 12.2. The fraction of sp³-hybridized carbons (Fsp3) is 0.360. The summed E-state index contributed by atoms with van der Waals surface area (Å²) >= 11 is 1.16. The van der Waals surface area contributed by atoms with E-state index >= 15 is 0 Å². The number of nitrogens with one attached hydrogen (secondary N) is 1. The molecule has 210 valence electrons. The van der Waals surface area contributed by atoms with Gasteiger partial charge >= 0.3 is 0 Å². The molecule has 40 heavy (non-hydrogen) atoms. The number of halogens is 3. The molecule has 11 nitrogen and oxygen atoms in total. The Morgan fingerprint density at radius 1 is 1.20 bits per heavy atom. The van der Waals surface area contributed by atoms with Gasteiger partial charge in [-0.1, -0.05) is 23.4 Å². The first-order chi connectivity index (χ1) is 19.2. The molecule has 1 amide bonds. The van der Waals surface area contributed by atoms with Crippen LogP contribution in [0.3, 0.4) is 0 Å². The van der Waals surface area contributed by atoms with Gasteiger partial charge in [0.1, 0.15) is 35.7 Å². The number of carbonyl (C=O) groups excluding carboxylic acids is 1. The molecule has 1 spiro atoms. The summed E-state index contributed by atoms with van der Waals surface area (Å²) in [5.74, 6) is -6.94. The fourth-order valence-electron chi connectivity index (χ4n) is 5.22. The minimum atomic E-state index is -1.90. The van der Waals surface area contributed by atoms with Gasteiger partial charge in [0, 0.05) is 10.9 Å². The number of rotatable bonds is 5. The Kier molecular flexibility index (Phi) is 6.80. The third-order valence-corrected chi connectivity index (χ3v) is 8.02. The van der Waals surface area contributed by atoms with Crippen molar-refractivity contribution < 1.29 is 42.8 Å². The summed E-state index contributed by atoms with van der Waals surface area (Å²) < 4.78 is 58.9. The zero-order valence-electron chi connectivity index (χ0n) is 20.4. The molecule has 6 atom stereocenters. The lowest BCUT2D eigenvalue weighted by Gasteiger charge is -2.49. The van der Waals surface area contributed by atoms with Gasteiger partial charge in [-0.05, 0) is 36.2 Å². The van der Waals surface area contributed by atoms with E-state index in [0.29, 0.717) is 5.39 Å². The van der Waals surface area contributed by atoms with Crippen LogP contribution in [-0.2, 0) is 9.47 Å². The van der Waals surface area contributed by atoms with Crippen LogP contribution in [0.5, 0.6) is 0 Å². The zero-order chi connectivity index (χ0) is 28.2. The Hall–Kier alpha value is -3.47. The average molecular weight is 578 g/mol. The van der Waals surface area contributed by atoms with Gasteiger partial charge in [0.25, 0.3) is 5.91 Å². The SMILES string of the molecule is O=C(N[C@@H]1CCO[C@]12O[C@H](CO)[C@H](O)[C@H](n1cc(-c3cc(F)c(F)c(F)c3)nn1)[C@H]2O)c1nsc2ccccc12. The van der Waals surface area contributed by atoms with Gasteiger partial charge in [0.15, 0.2) is 17.5 Å². The molecule has 0 radical (unpaired) electrons. The van der Waals surface area contributed by atoms with Gasteiger partial charge in [-0.15, -0.1) is 5.10 Å². The molecule has 0 bridgehead atoms. The van der Waals surface area contributed by atoms with Crippen molar-refractivity contribution in [3.05, 3.63) is 65.7 Å². The Labute approximate surface area is 227 Å². The van der Waals surface area contributed by atoms with Crippen molar-refractivity contribution in [2.45, 2.75) is 42.6 Å². The number of fused-ring (bicyclic) bond motifs is 1. The molecule has 4 heterocycles. The van der Waals surface area contributed by atoms with Crippen LogP contribution in [0.25, 0.3) is 21.3 Å². The van der Waals surface area contributed by atoms with Crippen LogP contribution in [0, 0.1) is 17.5 Å². The molecule has 6 rings (SSSR count). The van der Waals surface area contributed by atoms with Crippen molar-refractivity contribution in [3.8, 4) is 11.3 Å². The summed E-state index contributed by atoms with van der Waals surface area (Å²) in [6.45, 7) is -0.611. The van der Waals surface area contributed by atoms with Crippen molar-refractivity contribution in [2.24, 2.45) is 0 Å². The molecule has 2 aromatic heterocycles. The smallest absolute Gasteiger partial charge is 0.272 e. The average Bonchev–Trinajstić information content (AvgIpc) is 3.69. The van der Waals surface area contributed by atoms with Crippen LogP contribution in [0.2, 0.25) is 0 Å². The maximum atomic E-state index is 13.8. The molecule has 4 N–H and O–H groups in total. The van der Waals surface area contributed by atoms with Crippen LogP contribution in [0.1, 0.15) is 23.0 Å². The van der Waals surface area contributed by atoms with Gasteiger partial charge in [0.2, 0.25) is 5.79 Å². The molecule has 0 saturated carbocycles. The van der Waals surface area contributed by atoms with Crippen LogP contribution in [-0.4, -0.2) is 83.9 Å². The summed E-state index contributed by atoms with van der Waals surface area (Å²) in [4.78, 5) is 13.2. The molecule has 2 aliphatic heterocycles. The first-order valence-corrected chi connectivity index (χ1v) is 13.0. The Bertz CT molecular complexity index is 1560. The van der Waals surface area contributed by atoms with E-state index in [4.69, 9.17) is 9.47 Å². The Morgan fingerprint density at radius 2 is 1.95 bits per heavy atom. The lowest BCUT2D eigenvalue weighted by molar-refractivity contribution is -0.344. The van der Waals surface area contributed by atoms with E-state index in [1.54, 1.807) is 12.1 Å². The van der Waals surface area contributed by atoms with E-state index in [9.17, 15) is 33.3 Å². The number of aromatic nitrogens is 4. The van der Waals surface area contributed by atoms with Crippen LogP contribution in [0.4, 0.5) is 13.2 Å². The summed E-state index contributed by atoms with van der Waals surface area (Å²) in [6.07, 6.45) is -3.06. The van der Waals surface area contributed by atoms with Gasteiger partial charge in [-0.2, -0.15) is 4.37 Å². The molecule has 2 saturated heterocycles. The fourth-order valence-corrected chi connectivity index (χ4v) is 5.99. The van der Waals surface area contributed by atoms with Gasteiger partial charge in [-0.25, -0.2) is 17.9 Å². The van der Waals surface area contributed by atoms with Crippen LogP contribution >= 0.6 is 11.5 Å². The summed E-state index contributed by atoms with van der Waals surface area (Å²) in [6, 6.07) is 6.40.